The Morgan fingerprint density at radius 1 is 1.20 bits per heavy atom. The lowest BCUT2D eigenvalue weighted by atomic mass is 10.0. The Morgan fingerprint density at radius 2 is 1.96 bits per heavy atom. The standard InChI is InChI=1S/C19H19N3O3/c1-14(2)15-4-3-5-19(10-15)25-12-16-11-21(13-20-16)17-6-8-18(9-7-17)22(23)24/h3-11,13-14H,12H2,1-2H3. The van der Waals surface area contributed by atoms with Crippen molar-refractivity contribution in [2.24, 2.45) is 0 Å². The molecule has 0 aliphatic heterocycles. The Kier molecular flexibility index (Phi) is 4.79. The third-order valence-electron chi connectivity index (χ3n) is 3.91. The van der Waals surface area contributed by atoms with Crippen LogP contribution in [0.3, 0.4) is 0 Å². The fraction of sp³-hybridized carbons (Fsp3) is 0.211. The zero-order valence-electron chi connectivity index (χ0n) is 14.1. The molecule has 0 atom stereocenters. The minimum Gasteiger partial charge on any atom is -0.487 e. The van der Waals surface area contributed by atoms with E-state index in [4.69, 9.17) is 4.74 Å². The van der Waals surface area contributed by atoms with Gasteiger partial charge in [0.2, 0.25) is 0 Å². The van der Waals surface area contributed by atoms with Crippen LogP contribution in [0.1, 0.15) is 31.0 Å². The first-order chi connectivity index (χ1) is 12.0. The van der Waals surface area contributed by atoms with Crippen molar-refractivity contribution in [2.45, 2.75) is 26.4 Å². The number of nitro groups is 1. The molecule has 6 nitrogen and oxygen atoms in total. The molecule has 0 N–H and O–H groups in total. The van der Waals surface area contributed by atoms with Gasteiger partial charge in [0, 0.05) is 24.0 Å². The van der Waals surface area contributed by atoms with Crippen LogP contribution in [0.2, 0.25) is 0 Å². The Morgan fingerprint density at radius 3 is 2.64 bits per heavy atom. The van der Waals surface area contributed by atoms with Gasteiger partial charge in [0.15, 0.2) is 0 Å². The highest BCUT2D eigenvalue weighted by Crippen LogP contribution is 2.21. The van der Waals surface area contributed by atoms with E-state index in [-0.39, 0.29) is 5.69 Å². The molecule has 0 fully saturated rings. The average Bonchev–Trinajstić information content (AvgIpc) is 3.09. The minimum atomic E-state index is -0.414. The number of hydrogen-bond acceptors (Lipinski definition) is 4. The van der Waals surface area contributed by atoms with E-state index in [0.717, 1.165) is 17.1 Å². The van der Waals surface area contributed by atoms with Crippen LogP contribution in [0, 0.1) is 10.1 Å². The predicted octanol–water partition coefficient (Wildman–Crippen LogP) is 4.48. The maximum absolute atomic E-state index is 10.7. The molecule has 2 aromatic carbocycles. The van der Waals surface area contributed by atoms with Gasteiger partial charge in [-0.3, -0.25) is 10.1 Å². The Hall–Kier alpha value is -3.15. The third kappa shape index (κ3) is 4.03. The number of ether oxygens (including phenoxy) is 1. The lowest BCUT2D eigenvalue weighted by Crippen LogP contribution is -1.97. The molecular weight excluding hydrogens is 318 g/mol. The second-order valence-corrected chi connectivity index (χ2v) is 6.06. The Bertz CT molecular complexity index is 870. The van der Waals surface area contributed by atoms with E-state index in [1.165, 1.54) is 17.7 Å². The largest absolute Gasteiger partial charge is 0.487 e. The number of rotatable bonds is 6. The van der Waals surface area contributed by atoms with Crippen molar-refractivity contribution in [1.29, 1.82) is 0 Å². The highest BCUT2D eigenvalue weighted by atomic mass is 16.6. The number of imidazole rings is 1. The van der Waals surface area contributed by atoms with E-state index in [2.05, 4.69) is 24.9 Å². The number of benzene rings is 2. The van der Waals surface area contributed by atoms with Crippen LogP contribution in [-0.2, 0) is 6.61 Å². The summed E-state index contributed by atoms with van der Waals surface area (Å²) in [5.74, 6) is 1.26. The number of aromatic nitrogens is 2. The summed E-state index contributed by atoms with van der Waals surface area (Å²) < 4.78 is 7.63. The summed E-state index contributed by atoms with van der Waals surface area (Å²) in [4.78, 5) is 14.6. The van der Waals surface area contributed by atoms with Crippen molar-refractivity contribution in [1.82, 2.24) is 9.55 Å². The average molecular weight is 337 g/mol. The van der Waals surface area contributed by atoms with Crippen molar-refractivity contribution < 1.29 is 9.66 Å². The summed E-state index contributed by atoms with van der Waals surface area (Å²) in [5, 5.41) is 10.7. The molecule has 0 radical (unpaired) electrons. The van der Waals surface area contributed by atoms with Crippen LogP contribution in [0.5, 0.6) is 5.75 Å². The van der Waals surface area contributed by atoms with Crippen LogP contribution >= 0.6 is 0 Å². The van der Waals surface area contributed by atoms with E-state index in [1.807, 2.05) is 29.0 Å². The molecule has 0 unspecified atom stereocenters. The Balaban J connectivity index is 1.67. The molecule has 0 spiro atoms. The zero-order valence-corrected chi connectivity index (χ0v) is 14.1. The quantitative estimate of drug-likeness (QED) is 0.491. The van der Waals surface area contributed by atoms with Crippen LogP contribution < -0.4 is 4.74 Å². The van der Waals surface area contributed by atoms with Gasteiger partial charge in [-0.1, -0.05) is 26.0 Å². The fourth-order valence-corrected chi connectivity index (χ4v) is 2.45. The monoisotopic (exact) mass is 337 g/mol. The molecule has 1 aromatic heterocycles. The minimum absolute atomic E-state index is 0.0671. The molecule has 0 aliphatic carbocycles. The maximum Gasteiger partial charge on any atom is 0.269 e. The second kappa shape index (κ2) is 7.17. The SMILES string of the molecule is CC(C)c1cccc(OCc2cn(-c3ccc([N+](=O)[O-])cc3)cn2)c1. The molecule has 0 saturated carbocycles. The Labute approximate surface area is 145 Å². The fourth-order valence-electron chi connectivity index (χ4n) is 2.45. The van der Waals surface area contributed by atoms with Crippen molar-refractivity contribution in [3.05, 3.63) is 82.4 Å². The molecule has 0 aliphatic rings. The van der Waals surface area contributed by atoms with Gasteiger partial charge in [-0.25, -0.2) is 4.98 Å². The molecule has 0 saturated heterocycles. The zero-order chi connectivity index (χ0) is 17.8. The van der Waals surface area contributed by atoms with Crippen molar-refractivity contribution in [3.63, 3.8) is 0 Å². The summed E-state index contributed by atoms with van der Waals surface area (Å²) in [6, 6.07) is 14.4. The van der Waals surface area contributed by atoms with E-state index < -0.39 is 4.92 Å². The summed E-state index contributed by atoms with van der Waals surface area (Å²) in [6.07, 6.45) is 3.53. The van der Waals surface area contributed by atoms with Crippen LogP contribution in [0.25, 0.3) is 5.69 Å². The normalized spacial score (nSPS) is 10.8. The smallest absolute Gasteiger partial charge is 0.269 e. The molecule has 3 rings (SSSR count). The molecular formula is C19H19N3O3. The number of non-ortho nitro benzene ring substituents is 1. The third-order valence-corrected chi connectivity index (χ3v) is 3.91. The lowest BCUT2D eigenvalue weighted by Gasteiger charge is -2.09. The first-order valence-corrected chi connectivity index (χ1v) is 8.03. The number of nitrogens with zero attached hydrogens (tertiary/aromatic N) is 3. The number of hydrogen-bond donors (Lipinski definition) is 0. The van der Waals surface area contributed by atoms with E-state index in [0.29, 0.717) is 12.5 Å². The predicted molar refractivity (Wildman–Crippen MR) is 95.1 cm³/mol. The first-order valence-electron chi connectivity index (χ1n) is 8.03. The van der Waals surface area contributed by atoms with Crippen LogP contribution in [0.15, 0.2) is 61.1 Å². The summed E-state index contributed by atoms with van der Waals surface area (Å²) in [5.41, 5.74) is 2.89. The van der Waals surface area contributed by atoms with Crippen molar-refractivity contribution in [3.8, 4) is 11.4 Å². The topological polar surface area (TPSA) is 70.2 Å². The summed E-state index contributed by atoms with van der Waals surface area (Å²) >= 11 is 0. The molecule has 128 valence electrons. The van der Waals surface area contributed by atoms with Gasteiger partial charge < -0.3 is 9.30 Å². The molecule has 0 amide bonds. The first kappa shape index (κ1) is 16.7. The highest BCUT2D eigenvalue weighted by Gasteiger charge is 2.07. The number of nitro benzene ring substituents is 1. The highest BCUT2D eigenvalue weighted by molar-refractivity contribution is 5.41. The summed E-state index contributed by atoms with van der Waals surface area (Å²) in [6.45, 7) is 4.65. The van der Waals surface area contributed by atoms with Crippen LogP contribution in [0.4, 0.5) is 5.69 Å². The van der Waals surface area contributed by atoms with Crippen LogP contribution in [-0.4, -0.2) is 14.5 Å². The lowest BCUT2D eigenvalue weighted by molar-refractivity contribution is -0.384. The molecule has 0 bridgehead atoms. The van der Waals surface area contributed by atoms with Gasteiger partial charge in [-0.2, -0.15) is 0 Å². The van der Waals surface area contributed by atoms with Crippen molar-refractivity contribution >= 4 is 5.69 Å². The maximum atomic E-state index is 10.7. The molecule has 25 heavy (non-hydrogen) atoms. The van der Waals surface area contributed by atoms with Crippen molar-refractivity contribution in [2.75, 3.05) is 0 Å². The van der Waals surface area contributed by atoms with E-state index >= 15 is 0 Å². The van der Waals surface area contributed by atoms with E-state index in [1.54, 1.807) is 18.5 Å². The molecule has 6 heteroatoms. The second-order valence-electron chi connectivity index (χ2n) is 6.06. The van der Waals surface area contributed by atoms with Gasteiger partial charge in [-0.15, -0.1) is 0 Å². The van der Waals surface area contributed by atoms with Gasteiger partial charge in [0.1, 0.15) is 12.4 Å². The van der Waals surface area contributed by atoms with Gasteiger partial charge >= 0.3 is 0 Å². The summed E-state index contributed by atoms with van der Waals surface area (Å²) in [7, 11) is 0. The van der Waals surface area contributed by atoms with Gasteiger partial charge in [0.05, 0.1) is 16.9 Å². The van der Waals surface area contributed by atoms with E-state index in [9.17, 15) is 10.1 Å². The molecule has 1 heterocycles. The molecule has 3 aromatic rings. The van der Waals surface area contributed by atoms with Gasteiger partial charge in [-0.05, 0) is 35.7 Å². The van der Waals surface area contributed by atoms with Gasteiger partial charge in [0.25, 0.3) is 5.69 Å².